The average Bonchev–Trinajstić information content (AvgIpc) is 2.90. The number of methoxy groups -OCH3 is 5. The lowest BCUT2D eigenvalue weighted by molar-refractivity contribution is -0.114. The van der Waals surface area contributed by atoms with Crippen LogP contribution in [0.3, 0.4) is 0 Å². The van der Waals surface area contributed by atoms with Gasteiger partial charge in [-0.25, -0.2) is 8.42 Å². The monoisotopic (exact) mass is 550 g/mol. The molecule has 3 rings (SSSR count). The van der Waals surface area contributed by atoms with Crippen LogP contribution in [-0.4, -0.2) is 56.4 Å². The Balaban J connectivity index is 2.11. The maximum Gasteiger partial charge on any atom is 0.265 e. The van der Waals surface area contributed by atoms with Gasteiger partial charge in [0.2, 0.25) is 5.91 Å². The van der Waals surface area contributed by atoms with Crippen LogP contribution >= 0.6 is 11.6 Å². The van der Waals surface area contributed by atoms with Crippen molar-refractivity contribution in [3.63, 3.8) is 0 Å². The third kappa shape index (κ3) is 6.12. The summed E-state index contributed by atoms with van der Waals surface area (Å²) in [6.07, 6.45) is 0. The Kier molecular flexibility index (Phi) is 8.95. The van der Waals surface area contributed by atoms with Gasteiger partial charge >= 0.3 is 0 Å². The third-order valence-electron chi connectivity index (χ3n) is 5.32. The van der Waals surface area contributed by atoms with Crippen molar-refractivity contribution < 1.29 is 36.9 Å². The first-order chi connectivity index (χ1) is 17.7. The molecule has 3 aromatic carbocycles. The molecule has 1 amide bonds. The highest BCUT2D eigenvalue weighted by Crippen LogP contribution is 2.38. The molecule has 10 nitrogen and oxygen atoms in total. The van der Waals surface area contributed by atoms with Crippen molar-refractivity contribution in [2.45, 2.75) is 4.90 Å². The van der Waals surface area contributed by atoms with E-state index < -0.39 is 22.5 Å². The second-order valence-electron chi connectivity index (χ2n) is 7.46. The van der Waals surface area contributed by atoms with E-state index in [4.69, 9.17) is 35.3 Å². The van der Waals surface area contributed by atoms with Crippen molar-refractivity contribution in [3.8, 4) is 28.7 Å². The largest absolute Gasteiger partial charge is 0.497 e. The number of ether oxygens (including phenoxy) is 5. The zero-order valence-electron chi connectivity index (χ0n) is 20.9. The van der Waals surface area contributed by atoms with Crippen LogP contribution in [-0.2, 0) is 14.8 Å². The number of hydrogen-bond acceptors (Lipinski definition) is 8. The second kappa shape index (κ2) is 11.9. The summed E-state index contributed by atoms with van der Waals surface area (Å²) in [5.74, 6) is 0.811. The van der Waals surface area contributed by atoms with E-state index in [1.54, 1.807) is 24.3 Å². The standard InChI is InChI=1S/C25H27ClN2O8S/c1-32-17-7-10-22(34-3)20(13-17)28(15-25(29)27-19-12-16(26)6-9-21(19)33-2)37(30,31)18-8-11-23(35-4)24(14-18)36-5/h6-14H,15H2,1-5H3,(H,27,29). The quantitative estimate of drug-likeness (QED) is 0.378. The lowest BCUT2D eigenvalue weighted by Gasteiger charge is -2.26. The minimum absolute atomic E-state index is 0.0878. The summed E-state index contributed by atoms with van der Waals surface area (Å²) < 4.78 is 55.3. The number of carbonyl (C=O) groups is 1. The van der Waals surface area contributed by atoms with Crippen molar-refractivity contribution in [2.24, 2.45) is 0 Å². The van der Waals surface area contributed by atoms with Crippen molar-refractivity contribution in [2.75, 3.05) is 51.7 Å². The molecular weight excluding hydrogens is 524 g/mol. The molecule has 0 aliphatic carbocycles. The van der Waals surface area contributed by atoms with Gasteiger partial charge in [-0.05, 0) is 42.5 Å². The predicted molar refractivity (Wildman–Crippen MR) is 140 cm³/mol. The maximum absolute atomic E-state index is 13.9. The topological polar surface area (TPSA) is 113 Å². The number of nitrogens with zero attached hydrogens (tertiary/aromatic N) is 1. The fraction of sp³-hybridized carbons (Fsp3) is 0.240. The fourth-order valence-electron chi connectivity index (χ4n) is 3.49. The van der Waals surface area contributed by atoms with Gasteiger partial charge in [0.25, 0.3) is 10.0 Å². The normalized spacial score (nSPS) is 10.9. The molecule has 0 saturated carbocycles. The number of amides is 1. The molecular formula is C25H27ClN2O8S. The zero-order valence-corrected chi connectivity index (χ0v) is 22.5. The number of halogens is 1. The van der Waals surface area contributed by atoms with E-state index in [0.717, 1.165) is 4.31 Å². The van der Waals surface area contributed by atoms with E-state index in [1.807, 2.05) is 0 Å². The highest BCUT2D eigenvalue weighted by atomic mass is 35.5. The number of sulfonamides is 1. The molecule has 12 heteroatoms. The van der Waals surface area contributed by atoms with Gasteiger partial charge in [0.1, 0.15) is 23.8 Å². The number of rotatable bonds is 11. The first kappa shape index (κ1) is 27.8. The summed E-state index contributed by atoms with van der Waals surface area (Å²) in [6, 6.07) is 13.4. The van der Waals surface area contributed by atoms with Gasteiger partial charge in [0.05, 0.1) is 51.8 Å². The molecule has 0 unspecified atom stereocenters. The van der Waals surface area contributed by atoms with Crippen LogP contribution in [0.1, 0.15) is 0 Å². The molecule has 0 aliphatic rings. The molecule has 0 bridgehead atoms. The minimum atomic E-state index is -4.34. The van der Waals surface area contributed by atoms with Crippen molar-refractivity contribution >= 4 is 38.9 Å². The Morgan fingerprint density at radius 2 is 1.41 bits per heavy atom. The van der Waals surface area contributed by atoms with Crippen molar-refractivity contribution in [1.82, 2.24) is 0 Å². The molecule has 0 fully saturated rings. The van der Waals surface area contributed by atoms with E-state index >= 15 is 0 Å². The summed E-state index contributed by atoms with van der Waals surface area (Å²) in [7, 11) is 2.77. The van der Waals surface area contributed by atoms with Gasteiger partial charge in [0.15, 0.2) is 11.5 Å². The Morgan fingerprint density at radius 1 is 0.784 bits per heavy atom. The third-order valence-corrected chi connectivity index (χ3v) is 7.31. The Bertz CT molecular complexity index is 1380. The highest BCUT2D eigenvalue weighted by Gasteiger charge is 2.31. The van der Waals surface area contributed by atoms with Gasteiger partial charge in [0, 0.05) is 17.2 Å². The van der Waals surface area contributed by atoms with Gasteiger partial charge in [-0.15, -0.1) is 0 Å². The molecule has 37 heavy (non-hydrogen) atoms. The fourth-order valence-corrected chi connectivity index (χ4v) is 5.10. The maximum atomic E-state index is 13.9. The van der Waals surface area contributed by atoms with Crippen LogP contribution in [0.4, 0.5) is 11.4 Å². The van der Waals surface area contributed by atoms with Crippen LogP contribution in [0.15, 0.2) is 59.5 Å². The van der Waals surface area contributed by atoms with E-state index in [-0.39, 0.29) is 27.8 Å². The Labute approximate surface area is 220 Å². The Hall–Kier alpha value is -3.83. The van der Waals surface area contributed by atoms with Crippen LogP contribution in [0, 0.1) is 0 Å². The Morgan fingerprint density at radius 3 is 2.03 bits per heavy atom. The minimum Gasteiger partial charge on any atom is -0.497 e. The summed E-state index contributed by atoms with van der Waals surface area (Å²) in [4.78, 5) is 13.1. The number of hydrogen-bond donors (Lipinski definition) is 1. The number of nitrogens with one attached hydrogen (secondary N) is 1. The molecule has 0 atom stereocenters. The van der Waals surface area contributed by atoms with Crippen LogP contribution in [0.2, 0.25) is 5.02 Å². The molecule has 3 aromatic rings. The average molecular weight is 551 g/mol. The smallest absolute Gasteiger partial charge is 0.265 e. The number of carbonyl (C=O) groups excluding carboxylic acids is 1. The molecule has 0 heterocycles. The van der Waals surface area contributed by atoms with Gasteiger partial charge in [-0.2, -0.15) is 0 Å². The van der Waals surface area contributed by atoms with Crippen molar-refractivity contribution in [1.29, 1.82) is 0 Å². The SMILES string of the molecule is COc1ccc(OC)c(N(CC(=O)Nc2cc(Cl)ccc2OC)S(=O)(=O)c2ccc(OC)c(OC)c2)c1. The molecule has 0 spiro atoms. The van der Waals surface area contributed by atoms with Crippen molar-refractivity contribution in [3.05, 3.63) is 59.6 Å². The second-order valence-corrected chi connectivity index (χ2v) is 9.76. The zero-order chi connectivity index (χ0) is 27.2. The van der Waals surface area contributed by atoms with Gasteiger partial charge in [-0.1, -0.05) is 11.6 Å². The molecule has 0 saturated heterocycles. The number of anilines is 2. The van der Waals surface area contributed by atoms with Crippen LogP contribution < -0.4 is 33.3 Å². The van der Waals surface area contributed by atoms with E-state index in [9.17, 15) is 13.2 Å². The van der Waals surface area contributed by atoms with Crippen LogP contribution in [0.5, 0.6) is 28.7 Å². The summed E-state index contributed by atoms with van der Waals surface area (Å²) >= 11 is 6.07. The molecule has 0 radical (unpaired) electrons. The first-order valence-corrected chi connectivity index (χ1v) is 12.6. The van der Waals surface area contributed by atoms with Gasteiger partial charge < -0.3 is 29.0 Å². The molecule has 198 valence electrons. The predicted octanol–water partition coefficient (Wildman–Crippen LogP) is 4.22. The lowest BCUT2D eigenvalue weighted by atomic mass is 10.2. The molecule has 0 aliphatic heterocycles. The van der Waals surface area contributed by atoms with E-state index in [2.05, 4.69) is 5.32 Å². The highest BCUT2D eigenvalue weighted by molar-refractivity contribution is 7.92. The van der Waals surface area contributed by atoms with E-state index in [1.165, 1.54) is 65.9 Å². The molecule has 0 aromatic heterocycles. The summed E-state index contributed by atoms with van der Waals surface area (Å²) in [5.41, 5.74) is 0.367. The van der Waals surface area contributed by atoms with E-state index in [0.29, 0.717) is 22.3 Å². The number of benzene rings is 3. The van der Waals surface area contributed by atoms with Crippen LogP contribution in [0.25, 0.3) is 0 Å². The first-order valence-electron chi connectivity index (χ1n) is 10.8. The molecule has 1 N–H and O–H groups in total. The summed E-state index contributed by atoms with van der Waals surface area (Å²) in [5, 5.41) is 3.02. The lowest BCUT2D eigenvalue weighted by Crippen LogP contribution is -2.38. The van der Waals surface area contributed by atoms with Gasteiger partial charge in [-0.3, -0.25) is 9.10 Å². The summed E-state index contributed by atoms with van der Waals surface area (Å²) in [6.45, 7) is -0.615.